The molecule has 2 aliphatic rings. The number of aromatic amines is 1. The number of nitrogens with zero attached hydrogens (tertiary/aromatic N) is 3. The molecule has 0 spiro atoms. The molecule has 6 rings (SSSR count). The summed E-state index contributed by atoms with van der Waals surface area (Å²) in [6.45, 7) is 1.12. The molecule has 1 unspecified atom stereocenters. The van der Waals surface area contributed by atoms with Gasteiger partial charge >= 0.3 is 0 Å². The Morgan fingerprint density at radius 3 is 2.75 bits per heavy atom. The Morgan fingerprint density at radius 1 is 0.964 bits per heavy atom. The van der Waals surface area contributed by atoms with Crippen molar-refractivity contribution in [3.05, 3.63) is 77.7 Å². The van der Waals surface area contributed by atoms with Crippen molar-refractivity contribution < 1.29 is 9.47 Å². The summed E-state index contributed by atoms with van der Waals surface area (Å²) in [5, 5.41) is 1.29. The molecule has 0 aliphatic carbocycles. The normalized spacial score (nSPS) is 17.7. The number of fused-ring (bicyclic) bond motifs is 4. The van der Waals surface area contributed by atoms with Crippen LogP contribution in [0.5, 0.6) is 11.5 Å². The van der Waals surface area contributed by atoms with Crippen LogP contribution in [0.25, 0.3) is 10.9 Å². The zero-order chi connectivity index (χ0) is 18.5. The zero-order valence-corrected chi connectivity index (χ0v) is 15.1. The van der Waals surface area contributed by atoms with Gasteiger partial charge in [0, 0.05) is 35.5 Å². The molecule has 0 fully saturated rings. The number of anilines is 1. The first-order valence-corrected chi connectivity index (χ1v) is 9.41. The number of para-hydroxylation sites is 1. The molecule has 138 valence electrons. The Kier molecular flexibility index (Phi) is 3.32. The van der Waals surface area contributed by atoms with Gasteiger partial charge in [0.2, 0.25) is 12.7 Å². The van der Waals surface area contributed by atoms with Crippen LogP contribution in [0.1, 0.15) is 22.9 Å². The van der Waals surface area contributed by atoms with Gasteiger partial charge in [-0.15, -0.1) is 0 Å². The van der Waals surface area contributed by atoms with Gasteiger partial charge < -0.3 is 19.4 Å². The van der Waals surface area contributed by atoms with Crippen LogP contribution in [0.15, 0.2) is 60.9 Å². The second-order valence-electron chi connectivity index (χ2n) is 7.07. The van der Waals surface area contributed by atoms with Gasteiger partial charge in [0.05, 0.1) is 6.04 Å². The molecule has 2 aromatic carbocycles. The molecule has 2 aliphatic heterocycles. The average Bonchev–Trinajstić information content (AvgIpc) is 3.37. The Labute approximate surface area is 161 Å². The van der Waals surface area contributed by atoms with Crippen LogP contribution in [0.4, 0.5) is 5.95 Å². The maximum atomic E-state index is 5.64. The average molecular weight is 370 g/mol. The van der Waals surface area contributed by atoms with Gasteiger partial charge in [-0.1, -0.05) is 24.3 Å². The van der Waals surface area contributed by atoms with Gasteiger partial charge in [-0.3, -0.25) is 0 Å². The van der Waals surface area contributed by atoms with Crippen LogP contribution < -0.4 is 14.4 Å². The highest BCUT2D eigenvalue weighted by Crippen LogP contribution is 2.42. The molecular weight excluding hydrogens is 352 g/mol. The van der Waals surface area contributed by atoms with Crippen molar-refractivity contribution in [3.63, 3.8) is 0 Å². The summed E-state index contributed by atoms with van der Waals surface area (Å²) in [6, 6.07) is 16.5. The molecule has 2 aromatic heterocycles. The number of rotatable bonds is 2. The minimum absolute atomic E-state index is 0.0203. The van der Waals surface area contributed by atoms with Gasteiger partial charge in [0.25, 0.3) is 0 Å². The Balaban J connectivity index is 1.56. The van der Waals surface area contributed by atoms with Crippen molar-refractivity contribution in [2.24, 2.45) is 0 Å². The molecular formula is C22H18N4O2. The largest absolute Gasteiger partial charge is 0.454 e. The summed E-state index contributed by atoms with van der Waals surface area (Å²) < 4.78 is 11.1. The number of ether oxygens (including phenoxy) is 2. The van der Waals surface area contributed by atoms with Gasteiger partial charge in [-0.25, -0.2) is 9.97 Å². The summed E-state index contributed by atoms with van der Waals surface area (Å²) in [7, 11) is 0. The zero-order valence-electron chi connectivity index (χ0n) is 15.1. The second-order valence-corrected chi connectivity index (χ2v) is 7.07. The summed E-state index contributed by atoms with van der Waals surface area (Å²) in [5.74, 6) is 2.31. The molecule has 0 amide bonds. The minimum Gasteiger partial charge on any atom is -0.454 e. The number of benzene rings is 2. The van der Waals surface area contributed by atoms with E-state index in [0.29, 0.717) is 0 Å². The first-order valence-electron chi connectivity index (χ1n) is 9.41. The lowest BCUT2D eigenvalue weighted by atomic mass is 9.92. The van der Waals surface area contributed by atoms with E-state index in [1.54, 1.807) is 12.4 Å². The highest BCUT2D eigenvalue weighted by Gasteiger charge is 2.34. The van der Waals surface area contributed by atoms with Crippen molar-refractivity contribution in [1.82, 2.24) is 15.0 Å². The van der Waals surface area contributed by atoms with E-state index in [2.05, 4.69) is 56.3 Å². The maximum Gasteiger partial charge on any atom is 0.231 e. The van der Waals surface area contributed by atoms with Crippen LogP contribution in [-0.2, 0) is 6.42 Å². The fourth-order valence-corrected chi connectivity index (χ4v) is 4.33. The number of hydrogen-bond acceptors (Lipinski definition) is 5. The highest BCUT2D eigenvalue weighted by atomic mass is 16.7. The third kappa shape index (κ3) is 2.27. The topological polar surface area (TPSA) is 63.3 Å². The molecule has 0 saturated carbocycles. The third-order valence-corrected chi connectivity index (χ3v) is 5.56. The molecule has 0 radical (unpaired) electrons. The van der Waals surface area contributed by atoms with Gasteiger partial charge in [0.15, 0.2) is 11.5 Å². The molecule has 6 nitrogen and oxygen atoms in total. The predicted octanol–water partition coefficient (Wildman–Crippen LogP) is 3.84. The molecule has 1 atom stereocenters. The highest BCUT2D eigenvalue weighted by molar-refractivity contribution is 5.85. The number of aromatic nitrogens is 3. The predicted molar refractivity (Wildman–Crippen MR) is 106 cm³/mol. The molecule has 4 heterocycles. The van der Waals surface area contributed by atoms with E-state index in [4.69, 9.17) is 9.47 Å². The fourth-order valence-electron chi connectivity index (χ4n) is 4.33. The van der Waals surface area contributed by atoms with Crippen LogP contribution >= 0.6 is 0 Å². The quantitative estimate of drug-likeness (QED) is 0.581. The van der Waals surface area contributed by atoms with Crippen molar-refractivity contribution in [2.45, 2.75) is 12.5 Å². The third-order valence-electron chi connectivity index (χ3n) is 5.56. The van der Waals surface area contributed by atoms with Crippen molar-refractivity contribution >= 4 is 16.9 Å². The minimum atomic E-state index is -0.0203. The van der Waals surface area contributed by atoms with E-state index < -0.39 is 0 Å². The molecule has 0 bridgehead atoms. The van der Waals surface area contributed by atoms with Crippen molar-refractivity contribution in [1.29, 1.82) is 0 Å². The van der Waals surface area contributed by atoms with Gasteiger partial charge in [-0.2, -0.15) is 0 Å². The fraction of sp³-hybridized carbons (Fsp3) is 0.182. The lowest BCUT2D eigenvalue weighted by molar-refractivity contribution is 0.174. The van der Waals surface area contributed by atoms with Crippen LogP contribution in [0.2, 0.25) is 0 Å². The SMILES string of the molecule is c1cnc(N2CCc3c([nH]c4ccccc34)C2c2ccc3c(c2)OCO3)nc1. The summed E-state index contributed by atoms with van der Waals surface area (Å²) in [6.07, 6.45) is 4.53. The smallest absolute Gasteiger partial charge is 0.231 e. The number of nitrogens with one attached hydrogen (secondary N) is 1. The summed E-state index contributed by atoms with van der Waals surface area (Å²) in [4.78, 5) is 15.0. The van der Waals surface area contributed by atoms with Crippen molar-refractivity contribution in [2.75, 3.05) is 18.2 Å². The second kappa shape index (κ2) is 5.99. The number of H-pyrrole nitrogens is 1. The van der Waals surface area contributed by atoms with E-state index >= 15 is 0 Å². The molecule has 6 heteroatoms. The number of hydrogen-bond donors (Lipinski definition) is 1. The van der Waals surface area contributed by atoms with Crippen LogP contribution in [0, 0.1) is 0 Å². The monoisotopic (exact) mass is 370 g/mol. The Hall–Kier alpha value is -3.54. The molecule has 0 saturated heterocycles. The first-order chi connectivity index (χ1) is 13.9. The van der Waals surface area contributed by atoms with E-state index in [0.717, 1.165) is 41.5 Å². The lowest BCUT2D eigenvalue weighted by Crippen LogP contribution is -2.37. The first kappa shape index (κ1) is 15.5. The van der Waals surface area contributed by atoms with Gasteiger partial charge in [-0.05, 0) is 41.8 Å². The van der Waals surface area contributed by atoms with E-state index in [1.807, 2.05) is 12.1 Å². The van der Waals surface area contributed by atoms with E-state index in [9.17, 15) is 0 Å². The maximum absolute atomic E-state index is 5.64. The Bertz CT molecular complexity index is 1170. The lowest BCUT2D eigenvalue weighted by Gasteiger charge is -2.36. The van der Waals surface area contributed by atoms with E-state index in [-0.39, 0.29) is 12.8 Å². The van der Waals surface area contributed by atoms with Crippen LogP contribution in [-0.4, -0.2) is 28.3 Å². The summed E-state index contributed by atoms with van der Waals surface area (Å²) in [5.41, 5.74) is 4.85. The molecule has 1 N–H and O–H groups in total. The Morgan fingerprint density at radius 2 is 1.82 bits per heavy atom. The van der Waals surface area contributed by atoms with Gasteiger partial charge in [0.1, 0.15) is 0 Å². The van der Waals surface area contributed by atoms with E-state index in [1.165, 1.54) is 16.6 Å². The van der Waals surface area contributed by atoms with Crippen molar-refractivity contribution in [3.8, 4) is 11.5 Å². The molecule has 28 heavy (non-hydrogen) atoms. The van der Waals surface area contributed by atoms with Crippen LogP contribution in [0.3, 0.4) is 0 Å². The summed E-state index contributed by atoms with van der Waals surface area (Å²) >= 11 is 0. The standard InChI is InChI=1S/C22H18N4O2/c1-2-5-17-15(4-1)16-8-11-26(22-23-9-3-10-24-22)21(20(16)25-17)14-6-7-18-19(12-14)28-13-27-18/h1-7,9-10,12,21,25H,8,11,13H2. The molecule has 4 aromatic rings.